The summed E-state index contributed by atoms with van der Waals surface area (Å²) in [6.45, 7) is 6.10. The molecule has 0 aromatic heterocycles. The van der Waals surface area contributed by atoms with Crippen LogP contribution >= 0.6 is 0 Å². The second kappa shape index (κ2) is 5.99. The number of hydrogen-bond acceptors (Lipinski definition) is 4. The van der Waals surface area contributed by atoms with Crippen LogP contribution in [0.5, 0.6) is 0 Å². The number of hydrogen-bond donors (Lipinski definition) is 2. The zero-order valence-electron chi connectivity index (χ0n) is 11.2. The van der Waals surface area contributed by atoms with Gasteiger partial charge in [0.1, 0.15) is 0 Å². The lowest BCUT2D eigenvalue weighted by atomic mass is 10.2. The van der Waals surface area contributed by atoms with E-state index in [1.54, 1.807) is 25.7 Å². The highest BCUT2D eigenvalue weighted by molar-refractivity contribution is 7.90. The fourth-order valence-corrected chi connectivity index (χ4v) is 3.68. The summed E-state index contributed by atoms with van der Waals surface area (Å²) < 4.78 is 26.5. The number of rotatable bonds is 5. The molecule has 1 amide bonds. The summed E-state index contributed by atoms with van der Waals surface area (Å²) in [4.78, 5) is 13.4. The van der Waals surface area contributed by atoms with E-state index in [4.69, 9.17) is 5.73 Å². The van der Waals surface area contributed by atoms with Crippen molar-refractivity contribution in [3.8, 4) is 0 Å². The number of likely N-dealkylation sites (tertiary alicyclic amines) is 1. The Hall–Kier alpha value is -0.660. The van der Waals surface area contributed by atoms with E-state index in [1.165, 1.54) is 0 Å². The number of nitrogens with one attached hydrogen (secondary N) is 1. The van der Waals surface area contributed by atoms with Crippen molar-refractivity contribution in [2.24, 2.45) is 5.73 Å². The number of amides is 1. The maximum atomic E-state index is 12.0. The summed E-state index contributed by atoms with van der Waals surface area (Å²) in [6.07, 6.45) is 0.761. The number of sulfonamides is 1. The van der Waals surface area contributed by atoms with Gasteiger partial charge in [0.25, 0.3) is 0 Å². The third kappa shape index (κ3) is 4.22. The Balaban J connectivity index is 2.58. The van der Waals surface area contributed by atoms with Crippen LogP contribution in [0.2, 0.25) is 0 Å². The molecule has 0 spiro atoms. The molecule has 3 N–H and O–H groups in total. The van der Waals surface area contributed by atoms with Gasteiger partial charge >= 0.3 is 0 Å². The Kier molecular flexibility index (Phi) is 5.12. The number of nitrogens with two attached hydrogens (primary N) is 1. The van der Waals surface area contributed by atoms with Crippen molar-refractivity contribution in [2.45, 2.75) is 50.9 Å². The van der Waals surface area contributed by atoms with Crippen LogP contribution < -0.4 is 10.5 Å². The van der Waals surface area contributed by atoms with Crippen molar-refractivity contribution < 1.29 is 13.2 Å². The van der Waals surface area contributed by atoms with Crippen molar-refractivity contribution in [3.05, 3.63) is 0 Å². The average Bonchev–Trinajstić information content (AvgIpc) is 2.62. The summed E-state index contributed by atoms with van der Waals surface area (Å²) in [5.74, 6) is -0.0627. The molecule has 2 unspecified atom stereocenters. The minimum Gasteiger partial charge on any atom is -0.341 e. The zero-order chi connectivity index (χ0) is 13.9. The summed E-state index contributed by atoms with van der Waals surface area (Å²) in [5.41, 5.74) is 5.57. The molecule has 1 saturated heterocycles. The van der Waals surface area contributed by atoms with E-state index < -0.39 is 15.3 Å². The lowest BCUT2D eigenvalue weighted by Gasteiger charge is -2.18. The normalized spacial score (nSPS) is 22.5. The molecule has 1 rings (SSSR count). The SMILES string of the molecule is CC(N)CC(=O)N1CCC(S(=O)(=O)NC(C)C)C1. The van der Waals surface area contributed by atoms with Gasteiger partial charge in [-0.3, -0.25) is 4.79 Å². The lowest BCUT2D eigenvalue weighted by molar-refractivity contribution is -0.130. The third-order valence-corrected chi connectivity index (χ3v) is 4.90. The topological polar surface area (TPSA) is 92.5 Å². The van der Waals surface area contributed by atoms with E-state index in [2.05, 4.69) is 4.72 Å². The van der Waals surface area contributed by atoms with Crippen molar-refractivity contribution in [2.75, 3.05) is 13.1 Å². The van der Waals surface area contributed by atoms with Crippen LogP contribution in [-0.4, -0.2) is 49.6 Å². The van der Waals surface area contributed by atoms with Crippen molar-refractivity contribution >= 4 is 15.9 Å². The molecule has 7 heteroatoms. The third-order valence-electron chi connectivity index (χ3n) is 2.83. The summed E-state index contributed by atoms with van der Waals surface area (Å²) in [5, 5.41) is -0.503. The van der Waals surface area contributed by atoms with Gasteiger partial charge < -0.3 is 10.6 Å². The van der Waals surface area contributed by atoms with E-state index in [0.29, 0.717) is 13.0 Å². The number of carbonyl (C=O) groups excluding carboxylic acids is 1. The first-order valence-corrected chi connectivity index (χ1v) is 7.81. The molecule has 0 aromatic rings. The highest BCUT2D eigenvalue weighted by Crippen LogP contribution is 2.17. The monoisotopic (exact) mass is 277 g/mol. The molecule has 0 bridgehead atoms. The van der Waals surface area contributed by atoms with Crippen LogP contribution in [0.4, 0.5) is 0 Å². The first kappa shape index (κ1) is 15.4. The van der Waals surface area contributed by atoms with Gasteiger partial charge in [-0.15, -0.1) is 0 Å². The Bertz CT molecular complexity index is 392. The fraction of sp³-hybridized carbons (Fsp3) is 0.909. The molecule has 0 aliphatic carbocycles. The second-order valence-electron chi connectivity index (χ2n) is 5.25. The number of carbonyl (C=O) groups is 1. The van der Waals surface area contributed by atoms with Gasteiger partial charge in [0.2, 0.25) is 15.9 Å². The van der Waals surface area contributed by atoms with Crippen molar-refractivity contribution in [1.29, 1.82) is 0 Å². The van der Waals surface area contributed by atoms with E-state index in [9.17, 15) is 13.2 Å². The highest BCUT2D eigenvalue weighted by atomic mass is 32.2. The smallest absolute Gasteiger partial charge is 0.224 e. The molecule has 0 saturated carbocycles. The van der Waals surface area contributed by atoms with Crippen LogP contribution in [0.15, 0.2) is 0 Å². The molecule has 106 valence electrons. The predicted octanol–water partition coefficient (Wildman–Crippen LogP) is -0.348. The minimum absolute atomic E-state index is 0.0627. The molecule has 2 atom stereocenters. The van der Waals surface area contributed by atoms with Crippen LogP contribution in [0.25, 0.3) is 0 Å². The minimum atomic E-state index is -3.33. The van der Waals surface area contributed by atoms with E-state index >= 15 is 0 Å². The van der Waals surface area contributed by atoms with Crippen molar-refractivity contribution in [3.63, 3.8) is 0 Å². The zero-order valence-corrected chi connectivity index (χ0v) is 12.0. The Morgan fingerprint density at radius 3 is 2.56 bits per heavy atom. The molecule has 1 aliphatic heterocycles. The molecule has 1 aliphatic rings. The number of nitrogens with zero attached hydrogens (tertiary/aromatic N) is 1. The van der Waals surface area contributed by atoms with E-state index in [-0.39, 0.29) is 31.0 Å². The molecular weight excluding hydrogens is 254 g/mol. The maximum Gasteiger partial charge on any atom is 0.224 e. The van der Waals surface area contributed by atoms with Gasteiger partial charge in [0.05, 0.1) is 5.25 Å². The Labute approximate surface area is 109 Å². The van der Waals surface area contributed by atoms with Crippen molar-refractivity contribution in [1.82, 2.24) is 9.62 Å². The Morgan fingerprint density at radius 2 is 2.06 bits per heavy atom. The van der Waals surface area contributed by atoms with Gasteiger partial charge in [-0.25, -0.2) is 13.1 Å². The summed E-state index contributed by atoms with van der Waals surface area (Å²) in [6, 6.07) is -0.314. The standard InChI is InChI=1S/C11H23N3O3S/c1-8(2)13-18(16,17)10-4-5-14(7-10)11(15)6-9(3)12/h8-10,13H,4-7,12H2,1-3H3. The van der Waals surface area contributed by atoms with Gasteiger partial charge in [-0.05, 0) is 27.2 Å². The first-order valence-electron chi connectivity index (χ1n) is 6.27. The van der Waals surface area contributed by atoms with Gasteiger partial charge in [-0.1, -0.05) is 0 Å². The van der Waals surface area contributed by atoms with Crippen LogP contribution in [0.1, 0.15) is 33.6 Å². The Morgan fingerprint density at radius 1 is 1.44 bits per heavy atom. The lowest BCUT2D eigenvalue weighted by Crippen LogP contribution is -2.41. The molecule has 1 fully saturated rings. The van der Waals surface area contributed by atoms with Crippen LogP contribution in [0, 0.1) is 0 Å². The molecular formula is C11H23N3O3S. The molecule has 0 radical (unpaired) electrons. The largest absolute Gasteiger partial charge is 0.341 e. The average molecular weight is 277 g/mol. The fourth-order valence-electron chi connectivity index (χ4n) is 2.04. The maximum absolute atomic E-state index is 12.0. The van der Waals surface area contributed by atoms with E-state index in [1.807, 2.05) is 0 Å². The van der Waals surface area contributed by atoms with Gasteiger partial charge in [0, 0.05) is 31.6 Å². The molecule has 0 aromatic carbocycles. The van der Waals surface area contributed by atoms with Crippen LogP contribution in [0.3, 0.4) is 0 Å². The quantitative estimate of drug-likeness (QED) is 0.718. The summed E-state index contributed by atoms with van der Waals surface area (Å²) >= 11 is 0. The molecule has 1 heterocycles. The molecule has 6 nitrogen and oxygen atoms in total. The van der Waals surface area contributed by atoms with Crippen LogP contribution in [-0.2, 0) is 14.8 Å². The second-order valence-corrected chi connectivity index (χ2v) is 7.24. The predicted molar refractivity (Wildman–Crippen MR) is 70.4 cm³/mol. The van der Waals surface area contributed by atoms with Gasteiger partial charge in [-0.2, -0.15) is 0 Å². The first-order chi connectivity index (χ1) is 8.22. The molecule has 18 heavy (non-hydrogen) atoms. The summed E-state index contributed by atoms with van der Waals surface area (Å²) in [7, 11) is -3.33. The highest BCUT2D eigenvalue weighted by Gasteiger charge is 2.35. The van der Waals surface area contributed by atoms with Gasteiger partial charge in [0.15, 0.2) is 0 Å². The van der Waals surface area contributed by atoms with E-state index in [0.717, 1.165) is 0 Å².